The molecule has 4 aromatic carbocycles. The molecule has 0 aliphatic heterocycles. The van der Waals surface area contributed by atoms with Crippen molar-refractivity contribution in [3.8, 4) is 0 Å². The third-order valence-electron chi connectivity index (χ3n) is 4.76. The van der Waals surface area contributed by atoms with Crippen molar-refractivity contribution < 1.29 is 43.8 Å². The third-order valence-corrected chi connectivity index (χ3v) is 4.76. The van der Waals surface area contributed by atoms with Crippen LogP contribution in [0.1, 0.15) is 31.8 Å². The molecule has 0 saturated heterocycles. The van der Waals surface area contributed by atoms with E-state index in [1.807, 2.05) is 24.3 Å². The van der Waals surface area contributed by atoms with Gasteiger partial charge in [-0.05, 0) is 23.3 Å². The van der Waals surface area contributed by atoms with Crippen LogP contribution in [0.5, 0.6) is 0 Å². The Kier molecular flexibility index (Phi) is 13.0. The van der Waals surface area contributed by atoms with Crippen LogP contribution in [-0.4, -0.2) is 11.6 Å². The maximum atomic E-state index is 11.8. The Morgan fingerprint density at radius 3 is 0.917 bits per heavy atom. The molecule has 0 spiro atoms. The van der Waals surface area contributed by atoms with Gasteiger partial charge in [0.1, 0.15) is 0 Å². The van der Waals surface area contributed by atoms with Crippen LogP contribution in [-0.2, 0) is 24.0 Å². The van der Waals surface area contributed by atoms with Gasteiger partial charge in [0.05, 0.1) is 0 Å². The first kappa shape index (κ1) is 29.9. The average molecular weight is 513 g/mol. The van der Waals surface area contributed by atoms with Crippen molar-refractivity contribution in [1.82, 2.24) is 0 Å². The second kappa shape index (κ2) is 15.7. The normalized spacial score (nSPS) is 10.6. The van der Waals surface area contributed by atoms with Crippen molar-refractivity contribution in [2.45, 2.75) is 0 Å². The van der Waals surface area contributed by atoms with Crippen molar-refractivity contribution in [3.05, 3.63) is 156 Å². The van der Waals surface area contributed by atoms with Crippen molar-refractivity contribution in [3.63, 3.8) is 0 Å². The van der Waals surface area contributed by atoms with Crippen LogP contribution in [0.3, 0.4) is 0 Å². The summed E-state index contributed by atoms with van der Waals surface area (Å²) in [5.74, 6) is -1.06. The van der Waals surface area contributed by atoms with E-state index >= 15 is 0 Å². The molecule has 0 aromatic heterocycles. The molecule has 0 bridgehead atoms. The molecule has 0 unspecified atom stereocenters. The van der Waals surface area contributed by atoms with Crippen LogP contribution in [0.25, 0.3) is 11.5 Å². The van der Waals surface area contributed by atoms with Gasteiger partial charge in [0.2, 0.25) is 0 Å². The van der Waals surface area contributed by atoms with E-state index < -0.39 is 0 Å². The number of rotatable bonds is 6. The quantitative estimate of drug-likeness (QED) is 0.216. The van der Waals surface area contributed by atoms with Crippen molar-refractivity contribution in [2.75, 3.05) is 0 Å². The molecular formula is C30H22O5V. The van der Waals surface area contributed by atoms with E-state index in [4.69, 9.17) is 0 Å². The molecule has 0 saturated carbocycles. The van der Waals surface area contributed by atoms with Crippen molar-refractivity contribution >= 4 is 23.1 Å². The molecule has 0 aliphatic carbocycles. The first-order valence-electron chi connectivity index (χ1n) is 10.6. The minimum atomic E-state index is -0.264. The molecule has 36 heavy (non-hydrogen) atoms. The zero-order valence-electron chi connectivity index (χ0n) is 19.2. The summed E-state index contributed by atoms with van der Waals surface area (Å²) in [4.78, 5) is 23.5. The molecule has 0 fully saturated rings. The van der Waals surface area contributed by atoms with Crippen LogP contribution in [0, 0.1) is 0 Å². The van der Waals surface area contributed by atoms with E-state index in [0.29, 0.717) is 22.3 Å². The summed E-state index contributed by atoms with van der Waals surface area (Å²) in [5, 5.41) is 23.5. The topological polar surface area (TPSA) is 109 Å². The summed E-state index contributed by atoms with van der Waals surface area (Å²) < 4.78 is 0. The van der Waals surface area contributed by atoms with Gasteiger partial charge in [-0.25, -0.2) is 0 Å². The Hall–Kier alpha value is -4.16. The van der Waals surface area contributed by atoms with Gasteiger partial charge in [0, 0.05) is 11.1 Å². The Morgan fingerprint density at radius 2 is 0.667 bits per heavy atom. The van der Waals surface area contributed by atoms with Gasteiger partial charge in [-0.2, -0.15) is 0 Å². The van der Waals surface area contributed by atoms with Gasteiger partial charge in [0.15, 0.2) is 11.6 Å². The predicted octanol–water partition coefficient (Wildman–Crippen LogP) is 4.42. The van der Waals surface area contributed by atoms with Gasteiger partial charge in [-0.3, -0.25) is 9.59 Å². The number of allylic oxidation sites excluding steroid dienone is 2. The van der Waals surface area contributed by atoms with Crippen molar-refractivity contribution in [2.24, 2.45) is 0 Å². The van der Waals surface area contributed by atoms with Crippen LogP contribution >= 0.6 is 0 Å². The summed E-state index contributed by atoms with van der Waals surface area (Å²) in [6.45, 7) is 0. The SMILES string of the molecule is O=C(/C=C(\[O-])c1ccccc1)c1ccccc1.O=C(/C=C(\[O-])c1ccccc1)c1ccccc1.[O-2].[V+4]. The smallest absolute Gasteiger partial charge is 2.00 e. The maximum absolute atomic E-state index is 11.8. The molecular weight excluding hydrogens is 491 g/mol. The molecule has 1 radical (unpaired) electrons. The standard InChI is InChI=1S/2C15H12O2.O.V/c2*16-14(12-7-3-1-4-8-12)11-15(17)13-9-5-2-6-10-13;;/h2*1-11,16H;;/q;;-2;+4/p-2/b2*14-11-;;. The van der Waals surface area contributed by atoms with Crippen molar-refractivity contribution in [1.29, 1.82) is 0 Å². The van der Waals surface area contributed by atoms with E-state index in [2.05, 4.69) is 0 Å². The van der Waals surface area contributed by atoms with Gasteiger partial charge >= 0.3 is 18.6 Å². The van der Waals surface area contributed by atoms with Crippen LogP contribution in [0.2, 0.25) is 0 Å². The first-order valence-corrected chi connectivity index (χ1v) is 10.6. The second-order valence-electron chi connectivity index (χ2n) is 7.21. The zero-order chi connectivity index (χ0) is 24.2. The van der Waals surface area contributed by atoms with Gasteiger partial charge in [-0.1, -0.05) is 133 Å². The Morgan fingerprint density at radius 1 is 0.444 bits per heavy atom. The summed E-state index contributed by atoms with van der Waals surface area (Å²) in [7, 11) is 0. The van der Waals surface area contributed by atoms with E-state index in [-0.39, 0.29) is 47.1 Å². The minimum absolute atomic E-state index is 0. The summed E-state index contributed by atoms with van der Waals surface area (Å²) in [6, 6.07) is 35.0. The largest absolute Gasteiger partial charge is 4.00 e. The number of benzene rings is 4. The minimum Gasteiger partial charge on any atom is -2.00 e. The maximum Gasteiger partial charge on any atom is 4.00 e. The van der Waals surface area contributed by atoms with Crippen LogP contribution < -0.4 is 10.2 Å². The number of hydrogen-bond acceptors (Lipinski definition) is 4. The van der Waals surface area contributed by atoms with Crippen LogP contribution in [0.4, 0.5) is 0 Å². The molecule has 0 heterocycles. The molecule has 0 N–H and O–H groups in total. The Balaban J connectivity index is 0.000000341. The molecule has 4 rings (SSSR count). The number of hydrogen-bond donors (Lipinski definition) is 0. The van der Waals surface area contributed by atoms with Gasteiger partial charge in [-0.15, -0.1) is 0 Å². The zero-order valence-corrected chi connectivity index (χ0v) is 20.6. The van der Waals surface area contributed by atoms with Gasteiger partial charge < -0.3 is 15.7 Å². The van der Waals surface area contributed by atoms with Gasteiger partial charge in [0.25, 0.3) is 0 Å². The monoisotopic (exact) mass is 513 g/mol. The van der Waals surface area contributed by atoms with Crippen LogP contribution in [0.15, 0.2) is 133 Å². The Labute approximate surface area is 222 Å². The number of carbonyl (C=O) groups is 2. The molecule has 0 aliphatic rings. The second-order valence-corrected chi connectivity index (χ2v) is 7.21. The molecule has 177 valence electrons. The fraction of sp³-hybridized carbons (Fsp3) is 0. The predicted molar refractivity (Wildman–Crippen MR) is 131 cm³/mol. The molecule has 5 nitrogen and oxygen atoms in total. The average Bonchev–Trinajstić information content (AvgIpc) is 2.91. The summed E-state index contributed by atoms with van der Waals surface area (Å²) in [5.41, 5.74) is 2.10. The number of carbonyl (C=O) groups excluding carboxylic acids is 2. The molecule has 6 heteroatoms. The third kappa shape index (κ3) is 9.24. The van der Waals surface area contributed by atoms with E-state index in [1.54, 1.807) is 97.1 Å². The molecule has 0 atom stereocenters. The molecule has 0 amide bonds. The summed E-state index contributed by atoms with van der Waals surface area (Å²) >= 11 is 0. The Bertz CT molecular complexity index is 1170. The fourth-order valence-electron chi connectivity index (χ4n) is 2.98. The van der Waals surface area contributed by atoms with E-state index in [0.717, 1.165) is 12.2 Å². The first-order chi connectivity index (χ1) is 16.5. The number of ketones is 2. The van der Waals surface area contributed by atoms with E-state index in [1.165, 1.54) is 0 Å². The fourth-order valence-corrected chi connectivity index (χ4v) is 2.98. The molecule has 4 aromatic rings. The van der Waals surface area contributed by atoms with E-state index in [9.17, 15) is 19.8 Å². The summed E-state index contributed by atoms with van der Waals surface area (Å²) in [6.07, 6.45) is 2.26.